The molecule has 1 spiro atoms. The van der Waals surface area contributed by atoms with E-state index in [4.69, 9.17) is 5.11 Å². The Bertz CT molecular complexity index is 205. The van der Waals surface area contributed by atoms with E-state index >= 15 is 0 Å². The molecule has 1 saturated heterocycles. The first-order chi connectivity index (χ1) is 5.77. The molecule has 1 heterocycles. The van der Waals surface area contributed by atoms with Crippen LogP contribution < -0.4 is 5.32 Å². The number of carbonyl (C=O) groups excluding carboxylic acids is 1. The molecule has 0 aromatic heterocycles. The first-order valence-corrected chi connectivity index (χ1v) is 4.64. The van der Waals surface area contributed by atoms with Crippen molar-refractivity contribution in [1.82, 2.24) is 5.32 Å². The molecule has 2 aliphatic rings. The minimum absolute atomic E-state index is 0.117. The Morgan fingerprint density at radius 2 is 2.50 bits per heavy atom. The fraction of sp³-hybridized carbons (Fsp3) is 0.889. The lowest BCUT2D eigenvalue weighted by molar-refractivity contribution is -0.119. The molecule has 3 nitrogen and oxygen atoms in total. The van der Waals surface area contributed by atoms with Gasteiger partial charge in [0.2, 0.25) is 5.91 Å². The molecule has 1 aliphatic heterocycles. The van der Waals surface area contributed by atoms with Gasteiger partial charge in [-0.05, 0) is 18.8 Å². The van der Waals surface area contributed by atoms with Crippen LogP contribution in [0.2, 0.25) is 0 Å². The van der Waals surface area contributed by atoms with Crippen molar-refractivity contribution < 1.29 is 9.90 Å². The summed E-state index contributed by atoms with van der Waals surface area (Å²) < 4.78 is 0. The first-order valence-electron chi connectivity index (χ1n) is 4.64. The minimum Gasteiger partial charge on any atom is -0.396 e. The number of aliphatic hydroxyl groups excluding tert-OH is 1. The van der Waals surface area contributed by atoms with Gasteiger partial charge >= 0.3 is 0 Å². The molecular weight excluding hydrogens is 154 g/mol. The Hall–Kier alpha value is -0.570. The number of nitrogens with one attached hydrogen (secondary N) is 1. The number of hydrogen-bond donors (Lipinski definition) is 2. The van der Waals surface area contributed by atoms with Crippen LogP contribution in [-0.2, 0) is 4.79 Å². The van der Waals surface area contributed by atoms with E-state index in [1.165, 1.54) is 6.42 Å². The van der Waals surface area contributed by atoms with Gasteiger partial charge in [0.1, 0.15) is 0 Å². The highest BCUT2D eigenvalue weighted by atomic mass is 16.3. The van der Waals surface area contributed by atoms with E-state index in [2.05, 4.69) is 5.32 Å². The Labute approximate surface area is 72.2 Å². The van der Waals surface area contributed by atoms with Crippen LogP contribution in [0, 0.1) is 11.3 Å². The van der Waals surface area contributed by atoms with Gasteiger partial charge in [-0.3, -0.25) is 4.79 Å². The Morgan fingerprint density at radius 1 is 1.67 bits per heavy atom. The van der Waals surface area contributed by atoms with Crippen LogP contribution in [-0.4, -0.2) is 24.2 Å². The number of hydrogen-bond acceptors (Lipinski definition) is 2. The van der Waals surface area contributed by atoms with E-state index in [1.807, 2.05) is 0 Å². The maximum Gasteiger partial charge on any atom is 0.220 e. The standard InChI is InChI=1S/C9H15NO2/c11-5-7-2-1-3-9(7)4-8(12)10-6-9/h7,11H,1-6H2,(H,10,12). The summed E-state index contributed by atoms with van der Waals surface area (Å²) in [4.78, 5) is 11.1. The molecule has 68 valence electrons. The fourth-order valence-electron chi connectivity index (χ4n) is 2.68. The number of amides is 1. The monoisotopic (exact) mass is 169 g/mol. The van der Waals surface area contributed by atoms with Crippen LogP contribution in [0.5, 0.6) is 0 Å². The molecular formula is C9H15NO2. The van der Waals surface area contributed by atoms with Crippen molar-refractivity contribution in [1.29, 1.82) is 0 Å². The van der Waals surface area contributed by atoms with Gasteiger partial charge in [-0.25, -0.2) is 0 Å². The van der Waals surface area contributed by atoms with Gasteiger partial charge in [0.25, 0.3) is 0 Å². The minimum atomic E-state index is 0.117. The lowest BCUT2D eigenvalue weighted by atomic mass is 9.77. The zero-order valence-electron chi connectivity index (χ0n) is 7.18. The van der Waals surface area contributed by atoms with Crippen LogP contribution in [0.15, 0.2) is 0 Å². The summed E-state index contributed by atoms with van der Waals surface area (Å²) in [5.74, 6) is 0.520. The van der Waals surface area contributed by atoms with Gasteiger partial charge in [0.15, 0.2) is 0 Å². The maximum atomic E-state index is 11.1. The molecule has 1 aliphatic carbocycles. The summed E-state index contributed by atoms with van der Waals surface area (Å²) in [6.45, 7) is 1.03. The van der Waals surface area contributed by atoms with E-state index in [0.29, 0.717) is 12.3 Å². The third kappa shape index (κ3) is 1.04. The van der Waals surface area contributed by atoms with E-state index < -0.39 is 0 Å². The molecule has 3 heteroatoms. The lowest BCUT2D eigenvalue weighted by Crippen LogP contribution is -2.30. The average Bonchev–Trinajstić information content (AvgIpc) is 2.60. The summed E-state index contributed by atoms with van der Waals surface area (Å²) in [6.07, 6.45) is 4.00. The van der Waals surface area contributed by atoms with Gasteiger partial charge < -0.3 is 10.4 Å². The second-order valence-corrected chi connectivity index (χ2v) is 4.09. The number of aliphatic hydroxyl groups is 1. The van der Waals surface area contributed by atoms with Gasteiger partial charge in [-0.15, -0.1) is 0 Å². The maximum absolute atomic E-state index is 11.1. The second-order valence-electron chi connectivity index (χ2n) is 4.09. The lowest BCUT2D eigenvalue weighted by Gasteiger charge is -2.27. The largest absolute Gasteiger partial charge is 0.396 e. The van der Waals surface area contributed by atoms with Crippen molar-refractivity contribution in [2.45, 2.75) is 25.7 Å². The smallest absolute Gasteiger partial charge is 0.220 e. The first kappa shape index (κ1) is 8.05. The van der Waals surface area contributed by atoms with Gasteiger partial charge in [0, 0.05) is 25.0 Å². The quantitative estimate of drug-likeness (QED) is 0.592. The molecule has 2 fully saturated rings. The molecule has 0 radical (unpaired) electrons. The van der Waals surface area contributed by atoms with Gasteiger partial charge in [-0.1, -0.05) is 6.42 Å². The van der Waals surface area contributed by atoms with Crippen LogP contribution in [0.25, 0.3) is 0 Å². The topological polar surface area (TPSA) is 49.3 Å². The number of carbonyl (C=O) groups is 1. The summed E-state index contributed by atoms with van der Waals surface area (Å²) in [7, 11) is 0. The summed E-state index contributed by atoms with van der Waals surface area (Å²) in [6, 6.07) is 0. The van der Waals surface area contributed by atoms with Gasteiger partial charge in [-0.2, -0.15) is 0 Å². The second kappa shape index (κ2) is 2.73. The van der Waals surface area contributed by atoms with Crippen molar-refractivity contribution in [3.63, 3.8) is 0 Å². The van der Waals surface area contributed by atoms with Crippen LogP contribution in [0.4, 0.5) is 0 Å². The highest BCUT2D eigenvalue weighted by Gasteiger charge is 2.47. The molecule has 0 aromatic rings. The van der Waals surface area contributed by atoms with Crippen LogP contribution in [0.3, 0.4) is 0 Å². The van der Waals surface area contributed by atoms with E-state index in [1.54, 1.807) is 0 Å². The zero-order valence-corrected chi connectivity index (χ0v) is 7.18. The third-order valence-corrected chi connectivity index (χ3v) is 3.46. The Morgan fingerprint density at radius 3 is 3.08 bits per heavy atom. The predicted octanol–water partition coefficient (Wildman–Crippen LogP) is 0.285. The van der Waals surface area contributed by atoms with Crippen LogP contribution >= 0.6 is 0 Å². The molecule has 1 saturated carbocycles. The van der Waals surface area contributed by atoms with E-state index in [9.17, 15) is 4.79 Å². The van der Waals surface area contributed by atoms with Crippen molar-refractivity contribution in [3.8, 4) is 0 Å². The molecule has 12 heavy (non-hydrogen) atoms. The summed E-state index contributed by atoms with van der Waals surface area (Å²) >= 11 is 0. The predicted molar refractivity (Wildman–Crippen MR) is 44.5 cm³/mol. The third-order valence-electron chi connectivity index (χ3n) is 3.46. The average molecular weight is 169 g/mol. The van der Waals surface area contributed by atoms with E-state index in [0.717, 1.165) is 19.4 Å². The van der Waals surface area contributed by atoms with Crippen molar-refractivity contribution in [3.05, 3.63) is 0 Å². The van der Waals surface area contributed by atoms with Crippen molar-refractivity contribution >= 4 is 5.91 Å². The molecule has 0 aromatic carbocycles. The fourth-order valence-corrected chi connectivity index (χ4v) is 2.68. The molecule has 2 atom stereocenters. The molecule has 1 amide bonds. The van der Waals surface area contributed by atoms with E-state index in [-0.39, 0.29) is 17.9 Å². The normalized spacial score (nSPS) is 40.8. The molecule has 2 rings (SSSR count). The zero-order chi connectivity index (χ0) is 8.60. The molecule has 2 N–H and O–H groups in total. The molecule has 2 unspecified atom stereocenters. The summed E-state index contributed by atoms with van der Waals surface area (Å²) in [5.41, 5.74) is 0.117. The SMILES string of the molecule is O=C1CC2(CCCC2CO)CN1. The van der Waals surface area contributed by atoms with Crippen molar-refractivity contribution in [2.24, 2.45) is 11.3 Å². The summed E-state index contributed by atoms with van der Waals surface area (Å²) in [5, 5.41) is 12.0. The van der Waals surface area contributed by atoms with Crippen molar-refractivity contribution in [2.75, 3.05) is 13.2 Å². The van der Waals surface area contributed by atoms with Gasteiger partial charge in [0.05, 0.1) is 0 Å². The number of rotatable bonds is 1. The highest BCUT2D eigenvalue weighted by molar-refractivity contribution is 5.79. The van der Waals surface area contributed by atoms with Crippen LogP contribution in [0.1, 0.15) is 25.7 Å². The molecule has 0 bridgehead atoms. The Balaban J connectivity index is 2.14. The Kier molecular flexibility index (Phi) is 1.83. The highest BCUT2D eigenvalue weighted by Crippen LogP contribution is 2.47.